The van der Waals surface area contributed by atoms with Gasteiger partial charge < -0.3 is 15.1 Å². The van der Waals surface area contributed by atoms with Crippen molar-refractivity contribution in [2.45, 2.75) is 6.54 Å². The summed E-state index contributed by atoms with van der Waals surface area (Å²) in [5.74, 6) is -0.615. The highest BCUT2D eigenvalue weighted by atomic mass is 35.5. The van der Waals surface area contributed by atoms with Gasteiger partial charge in [0.1, 0.15) is 0 Å². The Bertz CT molecular complexity index is 940. The fraction of sp³-hybridized carbons (Fsp3) is 0.0526. The number of carbonyl (C=O) groups is 2. The summed E-state index contributed by atoms with van der Waals surface area (Å²) < 4.78 is 5.06. The first-order valence-corrected chi connectivity index (χ1v) is 8.46. The SMILES string of the molecule is O=C(Nc1ccccc1C(=O)NCc1ccc(Cl)cc1Cl)c1ccco1. The molecule has 0 aliphatic heterocycles. The Hall–Kier alpha value is -2.76. The number of benzene rings is 2. The molecule has 26 heavy (non-hydrogen) atoms. The summed E-state index contributed by atoms with van der Waals surface area (Å²) in [5, 5.41) is 6.45. The molecule has 0 spiro atoms. The number of hydrogen-bond donors (Lipinski definition) is 2. The Labute approximate surface area is 159 Å². The first kappa shape index (κ1) is 18.0. The van der Waals surface area contributed by atoms with Crippen LogP contribution in [0.25, 0.3) is 0 Å². The van der Waals surface area contributed by atoms with Crippen LogP contribution in [0.1, 0.15) is 26.5 Å². The lowest BCUT2D eigenvalue weighted by Crippen LogP contribution is -2.25. The third kappa shape index (κ3) is 4.25. The standard InChI is InChI=1S/C19H14Cl2N2O3/c20-13-8-7-12(15(21)10-13)11-22-18(24)14-4-1-2-5-16(14)23-19(25)17-6-3-9-26-17/h1-10H,11H2,(H,22,24)(H,23,25). The molecular formula is C19H14Cl2N2O3. The van der Waals surface area contributed by atoms with Crippen LogP contribution in [0.2, 0.25) is 10.0 Å². The third-order valence-corrected chi connectivity index (χ3v) is 4.21. The van der Waals surface area contributed by atoms with Crippen molar-refractivity contribution in [1.82, 2.24) is 5.32 Å². The van der Waals surface area contributed by atoms with Gasteiger partial charge >= 0.3 is 0 Å². The second kappa shape index (κ2) is 8.08. The molecule has 0 aliphatic carbocycles. The highest BCUT2D eigenvalue weighted by Gasteiger charge is 2.15. The normalized spacial score (nSPS) is 10.4. The predicted octanol–water partition coefficient (Wildman–Crippen LogP) is 4.77. The van der Waals surface area contributed by atoms with E-state index < -0.39 is 5.91 Å². The van der Waals surface area contributed by atoms with E-state index in [0.717, 1.165) is 5.56 Å². The van der Waals surface area contributed by atoms with Gasteiger partial charge in [0.15, 0.2) is 5.76 Å². The lowest BCUT2D eigenvalue weighted by atomic mass is 10.1. The molecule has 7 heteroatoms. The number of anilines is 1. The zero-order chi connectivity index (χ0) is 18.5. The summed E-state index contributed by atoms with van der Waals surface area (Å²) >= 11 is 12.0. The maximum atomic E-state index is 12.5. The molecule has 2 N–H and O–H groups in total. The number of nitrogens with one attached hydrogen (secondary N) is 2. The Morgan fingerprint density at radius 2 is 1.77 bits per heavy atom. The molecule has 3 aromatic rings. The van der Waals surface area contributed by atoms with Crippen molar-refractivity contribution in [1.29, 1.82) is 0 Å². The van der Waals surface area contributed by atoms with E-state index in [1.54, 1.807) is 54.6 Å². The van der Waals surface area contributed by atoms with Gasteiger partial charge in [-0.05, 0) is 42.0 Å². The van der Waals surface area contributed by atoms with E-state index in [1.807, 2.05) is 0 Å². The molecule has 0 bridgehead atoms. The van der Waals surface area contributed by atoms with Crippen LogP contribution in [0.15, 0.2) is 65.3 Å². The van der Waals surface area contributed by atoms with E-state index in [4.69, 9.17) is 27.6 Å². The molecule has 1 aromatic heterocycles. The average Bonchev–Trinajstić information content (AvgIpc) is 3.16. The largest absolute Gasteiger partial charge is 0.459 e. The molecule has 2 aromatic carbocycles. The predicted molar refractivity (Wildman–Crippen MR) is 101 cm³/mol. The molecule has 0 aliphatic rings. The Morgan fingerprint density at radius 3 is 2.50 bits per heavy atom. The van der Waals surface area contributed by atoms with Gasteiger partial charge in [-0.3, -0.25) is 9.59 Å². The van der Waals surface area contributed by atoms with Crippen molar-refractivity contribution in [3.63, 3.8) is 0 Å². The zero-order valence-electron chi connectivity index (χ0n) is 13.5. The van der Waals surface area contributed by atoms with E-state index in [-0.39, 0.29) is 18.2 Å². The summed E-state index contributed by atoms with van der Waals surface area (Å²) in [6, 6.07) is 14.9. The molecule has 132 valence electrons. The number of furan rings is 1. The van der Waals surface area contributed by atoms with Crippen molar-refractivity contribution in [2.24, 2.45) is 0 Å². The number of amides is 2. The van der Waals surface area contributed by atoms with Gasteiger partial charge in [0.05, 0.1) is 17.5 Å². The fourth-order valence-corrected chi connectivity index (χ4v) is 2.79. The first-order valence-electron chi connectivity index (χ1n) is 7.70. The lowest BCUT2D eigenvalue weighted by Gasteiger charge is -2.11. The Balaban J connectivity index is 1.72. The third-order valence-electron chi connectivity index (χ3n) is 3.62. The summed E-state index contributed by atoms with van der Waals surface area (Å²) in [6.45, 7) is 0.231. The second-order valence-electron chi connectivity index (χ2n) is 5.40. The summed E-state index contributed by atoms with van der Waals surface area (Å²) in [6.07, 6.45) is 1.41. The average molecular weight is 389 g/mol. The topological polar surface area (TPSA) is 71.3 Å². The molecule has 0 atom stereocenters. The van der Waals surface area contributed by atoms with E-state index in [0.29, 0.717) is 21.3 Å². The quantitative estimate of drug-likeness (QED) is 0.661. The lowest BCUT2D eigenvalue weighted by molar-refractivity contribution is 0.0952. The molecule has 0 fully saturated rings. The van der Waals surface area contributed by atoms with Crippen molar-refractivity contribution in [2.75, 3.05) is 5.32 Å². The molecular weight excluding hydrogens is 375 g/mol. The monoisotopic (exact) mass is 388 g/mol. The van der Waals surface area contributed by atoms with Crippen LogP contribution in [0, 0.1) is 0 Å². The van der Waals surface area contributed by atoms with Crippen LogP contribution >= 0.6 is 23.2 Å². The molecule has 0 radical (unpaired) electrons. The number of rotatable bonds is 5. The first-order chi connectivity index (χ1) is 12.5. The van der Waals surface area contributed by atoms with E-state index in [9.17, 15) is 9.59 Å². The van der Waals surface area contributed by atoms with Gasteiger partial charge in [0, 0.05) is 16.6 Å². The number of para-hydroxylation sites is 1. The van der Waals surface area contributed by atoms with Crippen molar-refractivity contribution in [3.05, 3.63) is 87.8 Å². The Morgan fingerprint density at radius 1 is 0.962 bits per heavy atom. The van der Waals surface area contributed by atoms with Gasteiger partial charge in [-0.1, -0.05) is 41.4 Å². The summed E-state index contributed by atoms with van der Waals surface area (Å²) in [4.78, 5) is 24.7. The highest BCUT2D eigenvalue weighted by Crippen LogP contribution is 2.21. The van der Waals surface area contributed by atoms with Crippen LogP contribution < -0.4 is 10.6 Å². The molecule has 0 unspecified atom stereocenters. The zero-order valence-corrected chi connectivity index (χ0v) is 15.0. The maximum absolute atomic E-state index is 12.5. The highest BCUT2D eigenvalue weighted by molar-refractivity contribution is 6.35. The fourth-order valence-electron chi connectivity index (χ4n) is 2.32. The van der Waals surface area contributed by atoms with Crippen LogP contribution in [0.3, 0.4) is 0 Å². The number of halogens is 2. The van der Waals surface area contributed by atoms with Gasteiger partial charge in [-0.2, -0.15) is 0 Å². The minimum atomic E-state index is -0.434. The number of carbonyl (C=O) groups excluding carboxylic acids is 2. The van der Waals surface area contributed by atoms with Crippen molar-refractivity contribution < 1.29 is 14.0 Å². The second-order valence-corrected chi connectivity index (χ2v) is 6.24. The van der Waals surface area contributed by atoms with Crippen molar-refractivity contribution >= 4 is 40.7 Å². The molecule has 5 nitrogen and oxygen atoms in total. The minimum Gasteiger partial charge on any atom is -0.459 e. The molecule has 1 heterocycles. The van der Waals surface area contributed by atoms with E-state index in [1.165, 1.54) is 6.26 Å². The smallest absolute Gasteiger partial charge is 0.291 e. The van der Waals surface area contributed by atoms with Crippen LogP contribution in [-0.2, 0) is 6.54 Å². The molecule has 2 amide bonds. The Kier molecular flexibility index (Phi) is 5.61. The van der Waals surface area contributed by atoms with Crippen LogP contribution in [-0.4, -0.2) is 11.8 Å². The summed E-state index contributed by atoms with van der Waals surface area (Å²) in [7, 11) is 0. The van der Waals surface area contributed by atoms with Gasteiger partial charge in [0.2, 0.25) is 0 Å². The van der Waals surface area contributed by atoms with Gasteiger partial charge in [-0.15, -0.1) is 0 Å². The van der Waals surface area contributed by atoms with Crippen LogP contribution in [0.4, 0.5) is 5.69 Å². The molecule has 0 saturated carbocycles. The summed E-state index contributed by atoms with van der Waals surface area (Å²) in [5.41, 5.74) is 1.45. The van der Waals surface area contributed by atoms with Gasteiger partial charge in [-0.25, -0.2) is 0 Å². The molecule has 0 saturated heterocycles. The maximum Gasteiger partial charge on any atom is 0.291 e. The van der Waals surface area contributed by atoms with Crippen molar-refractivity contribution in [3.8, 4) is 0 Å². The van der Waals surface area contributed by atoms with Crippen LogP contribution in [0.5, 0.6) is 0 Å². The molecule has 3 rings (SSSR count). The minimum absolute atomic E-state index is 0.160. The van der Waals surface area contributed by atoms with E-state index >= 15 is 0 Å². The van der Waals surface area contributed by atoms with E-state index in [2.05, 4.69) is 10.6 Å². The number of hydrogen-bond acceptors (Lipinski definition) is 3. The van der Waals surface area contributed by atoms with Gasteiger partial charge in [0.25, 0.3) is 11.8 Å².